The quantitative estimate of drug-likeness (QED) is 0.828. The Balaban J connectivity index is 1.98. The van der Waals surface area contributed by atoms with Crippen molar-refractivity contribution in [3.8, 4) is 0 Å². The highest BCUT2D eigenvalue weighted by Gasteiger charge is 2.36. The first-order valence-electron chi connectivity index (χ1n) is 6.23. The van der Waals surface area contributed by atoms with Gasteiger partial charge in [-0.3, -0.25) is 4.98 Å². The van der Waals surface area contributed by atoms with Gasteiger partial charge >= 0.3 is 0 Å². The summed E-state index contributed by atoms with van der Waals surface area (Å²) in [6, 6.07) is 3.55. The second-order valence-electron chi connectivity index (χ2n) is 4.67. The van der Waals surface area contributed by atoms with Crippen molar-refractivity contribution < 1.29 is 8.42 Å². The fourth-order valence-corrected chi connectivity index (χ4v) is 5.39. The van der Waals surface area contributed by atoms with Gasteiger partial charge in [0.25, 0.3) is 0 Å². The Morgan fingerprint density at radius 3 is 2.95 bits per heavy atom. The summed E-state index contributed by atoms with van der Waals surface area (Å²) in [6.07, 6.45) is 4.75. The fourth-order valence-electron chi connectivity index (χ4n) is 2.49. The van der Waals surface area contributed by atoms with Crippen LogP contribution in [0.1, 0.15) is 24.4 Å². The van der Waals surface area contributed by atoms with Crippen molar-refractivity contribution in [2.24, 2.45) is 0 Å². The van der Waals surface area contributed by atoms with Crippen molar-refractivity contribution in [3.05, 3.63) is 45.3 Å². The molecule has 0 N–H and O–H groups in total. The van der Waals surface area contributed by atoms with Gasteiger partial charge in [0, 0.05) is 23.4 Å². The highest BCUT2D eigenvalue weighted by Crippen LogP contribution is 2.37. The van der Waals surface area contributed by atoms with E-state index in [4.69, 9.17) is 0 Å². The molecule has 1 fully saturated rings. The Kier molecular flexibility index (Phi) is 3.94. The molecule has 0 aliphatic carbocycles. The third-order valence-corrected chi connectivity index (χ3v) is 6.43. The van der Waals surface area contributed by atoms with E-state index >= 15 is 0 Å². The zero-order chi connectivity index (χ0) is 14.2. The molecule has 3 rings (SSSR count). The van der Waals surface area contributed by atoms with Crippen molar-refractivity contribution in [3.63, 3.8) is 0 Å². The van der Waals surface area contributed by atoms with Gasteiger partial charge < -0.3 is 0 Å². The molecule has 0 bridgehead atoms. The first-order valence-corrected chi connectivity index (χ1v) is 9.41. The number of pyridine rings is 1. The molecule has 1 aliphatic heterocycles. The number of sulfonamides is 1. The van der Waals surface area contributed by atoms with E-state index in [9.17, 15) is 8.42 Å². The molecule has 106 valence electrons. The molecule has 20 heavy (non-hydrogen) atoms. The molecule has 1 aliphatic rings. The predicted octanol–water partition coefficient (Wildman–Crippen LogP) is 3.43. The van der Waals surface area contributed by atoms with Gasteiger partial charge in [-0.05, 0) is 57.2 Å². The van der Waals surface area contributed by atoms with Gasteiger partial charge in [0.1, 0.15) is 4.90 Å². The number of halogens is 1. The predicted molar refractivity (Wildman–Crippen MR) is 82.1 cm³/mol. The summed E-state index contributed by atoms with van der Waals surface area (Å²) in [7, 11) is -3.49. The van der Waals surface area contributed by atoms with Gasteiger partial charge in [-0.15, -0.1) is 0 Å². The monoisotopic (exact) mass is 372 g/mol. The van der Waals surface area contributed by atoms with E-state index in [1.54, 1.807) is 27.9 Å². The van der Waals surface area contributed by atoms with Crippen LogP contribution in [0, 0.1) is 0 Å². The Morgan fingerprint density at radius 2 is 2.25 bits per heavy atom. The molecular weight excluding hydrogens is 360 g/mol. The summed E-state index contributed by atoms with van der Waals surface area (Å²) >= 11 is 4.87. The van der Waals surface area contributed by atoms with Crippen LogP contribution in [0.3, 0.4) is 0 Å². The van der Waals surface area contributed by atoms with Gasteiger partial charge in [-0.25, -0.2) is 8.42 Å². The number of hydrogen-bond donors (Lipinski definition) is 0. The first-order chi connectivity index (χ1) is 9.59. The van der Waals surface area contributed by atoms with Crippen LogP contribution < -0.4 is 0 Å². The Morgan fingerprint density at radius 1 is 1.40 bits per heavy atom. The van der Waals surface area contributed by atoms with Crippen LogP contribution in [0.2, 0.25) is 0 Å². The van der Waals surface area contributed by atoms with E-state index in [0.29, 0.717) is 11.0 Å². The molecule has 0 spiro atoms. The molecular formula is C13H13BrN2O2S2. The standard InChI is InChI=1S/C13H13BrN2O2S2/c14-11-6-12(8-15-7-11)20(17,18)16-4-1-2-13(16)10-3-5-19-9-10/h3,5-9,13H,1-2,4H2. The minimum atomic E-state index is -3.49. The van der Waals surface area contributed by atoms with Gasteiger partial charge in [0.15, 0.2) is 0 Å². The summed E-state index contributed by atoms with van der Waals surface area (Å²) in [4.78, 5) is 4.20. The second kappa shape index (κ2) is 5.55. The van der Waals surface area contributed by atoms with Crippen molar-refractivity contribution in [2.45, 2.75) is 23.8 Å². The van der Waals surface area contributed by atoms with Gasteiger partial charge in [0.05, 0.1) is 6.04 Å². The molecule has 4 nitrogen and oxygen atoms in total. The summed E-state index contributed by atoms with van der Waals surface area (Å²) in [5.41, 5.74) is 1.08. The van der Waals surface area contributed by atoms with Crippen molar-refractivity contribution in [1.29, 1.82) is 0 Å². The minimum Gasteiger partial charge on any atom is -0.262 e. The zero-order valence-corrected chi connectivity index (χ0v) is 13.8. The molecule has 7 heteroatoms. The maximum Gasteiger partial charge on any atom is 0.245 e. The second-order valence-corrected chi connectivity index (χ2v) is 8.26. The lowest BCUT2D eigenvalue weighted by atomic mass is 10.1. The normalized spacial score (nSPS) is 20.4. The lowest BCUT2D eigenvalue weighted by Crippen LogP contribution is -2.30. The molecule has 3 heterocycles. The van der Waals surface area contributed by atoms with E-state index in [1.807, 2.05) is 16.8 Å². The average molecular weight is 373 g/mol. The molecule has 1 saturated heterocycles. The Hall–Kier alpha value is -0.760. The zero-order valence-electron chi connectivity index (χ0n) is 10.6. The van der Waals surface area contributed by atoms with E-state index in [0.717, 1.165) is 18.4 Å². The van der Waals surface area contributed by atoms with Gasteiger partial charge in [-0.2, -0.15) is 15.6 Å². The SMILES string of the molecule is O=S(=O)(c1cncc(Br)c1)N1CCCC1c1ccsc1. The van der Waals surface area contributed by atoms with E-state index in [1.165, 1.54) is 6.20 Å². The van der Waals surface area contributed by atoms with E-state index in [2.05, 4.69) is 20.9 Å². The van der Waals surface area contributed by atoms with Crippen LogP contribution in [0.25, 0.3) is 0 Å². The molecule has 0 aromatic carbocycles. The Labute approximate surface area is 130 Å². The molecule has 0 saturated carbocycles. The number of thiophene rings is 1. The topological polar surface area (TPSA) is 50.3 Å². The summed E-state index contributed by atoms with van der Waals surface area (Å²) < 4.78 is 27.8. The molecule has 1 unspecified atom stereocenters. The van der Waals surface area contributed by atoms with Gasteiger partial charge in [0.2, 0.25) is 10.0 Å². The van der Waals surface area contributed by atoms with Crippen LogP contribution >= 0.6 is 27.3 Å². The maximum atomic E-state index is 12.8. The third kappa shape index (κ3) is 2.55. The number of nitrogens with zero attached hydrogens (tertiary/aromatic N) is 2. The Bertz CT molecular complexity index is 701. The summed E-state index contributed by atoms with van der Waals surface area (Å²) in [5.74, 6) is 0. The number of aromatic nitrogens is 1. The fraction of sp³-hybridized carbons (Fsp3) is 0.308. The van der Waals surface area contributed by atoms with Crippen molar-refractivity contribution in [2.75, 3.05) is 6.54 Å². The van der Waals surface area contributed by atoms with E-state index in [-0.39, 0.29) is 10.9 Å². The molecule has 1 atom stereocenters. The first kappa shape index (κ1) is 14.2. The largest absolute Gasteiger partial charge is 0.262 e. The smallest absolute Gasteiger partial charge is 0.245 e. The lowest BCUT2D eigenvalue weighted by molar-refractivity contribution is 0.397. The lowest BCUT2D eigenvalue weighted by Gasteiger charge is -2.23. The molecule has 2 aromatic rings. The minimum absolute atomic E-state index is 0.0507. The summed E-state index contributed by atoms with van der Waals surface area (Å²) in [6.45, 7) is 0.565. The molecule has 0 amide bonds. The van der Waals surface area contributed by atoms with E-state index < -0.39 is 10.0 Å². The number of hydrogen-bond acceptors (Lipinski definition) is 4. The summed E-state index contributed by atoms with van der Waals surface area (Å²) in [5, 5.41) is 4.01. The molecule has 2 aromatic heterocycles. The number of rotatable bonds is 3. The molecule has 0 radical (unpaired) electrons. The van der Waals surface area contributed by atoms with Crippen LogP contribution in [-0.4, -0.2) is 24.3 Å². The van der Waals surface area contributed by atoms with Crippen molar-refractivity contribution in [1.82, 2.24) is 9.29 Å². The van der Waals surface area contributed by atoms with Crippen LogP contribution in [-0.2, 0) is 10.0 Å². The van der Waals surface area contributed by atoms with Gasteiger partial charge in [-0.1, -0.05) is 0 Å². The third-order valence-electron chi connectivity index (χ3n) is 3.42. The van der Waals surface area contributed by atoms with Crippen LogP contribution in [0.15, 0.2) is 44.7 Å². The highest BCUT2D eigenvalue weighted by atomic mass is 79.9. The highest BCUT2D eigenvalue weighted by molar-refractivity contribution is 9.10. The van der Waals surface area contributed by atoms with Crippen molar-refractivity contribution >= 4 is 37.3 Å². The average Bonchev–Trinajstić information content (AvgIpc) is 3.09. The van der Waals surface area contributed by atoms with Crippen LogP contribution in [0.4, 0.5) is 0 Å². The van der Waals surface area contributed by atoms with Crippen LogP contribution in [0.5, 0.6) is 0 Å². The maximum absolute atomic E-state index is 12.8.